The highest BCUT2D eigenvalue weighted by Crippen LogP contribution is 2.26. The molecule has 0 aliphatic carbocycles. The number of Topliss-reactive ketones (excluding diaryl/α,β-unsaturated/α-hetero) is 1. The molecule has 0 saturated heterocycles. The zero-order valence-corrected chi connectivity index (χ0v) is 9.47. The number of carbonyl (C=O) groups excluding carboxylic acids is 1. The summed E-state index contributed by atoms with van der Waals surface area (Å²) < 4.78 is 10.2. The van der Waals surface area contributed by atoms with Gasteiger partial charge < -0.3 is 14.3 Å². The molecular weight excluding hydrogens is 224 g/mol. The van der Waals surface area contributed by atoms with Gasteiger partial charge in [-0.3, -0.25) is 4.79 Å². The summed E-state index contributed by atoms with van der Waals surface area (Å²) in [6.45, 7) is 3.34. The van der Waals surface area contributed by atoms with Gasteiger partial charge in [-0.25, -0.2) is 4.79 Å². The highest BCUT2D eigenvalue weighted by molar-refractivity contribution is 6.02. The van der Waals surface area contributed by atoms with Crippen LogP contribution in [0, 0.1) is 0 Å². The van der Waals surface area contributed by atoms with E-state index in [2.05, 4.69) is 0 Å². The molecule has 2 atom stereocenters. The van der Waals surface area contributed by atoms with E-state index in [1.165, 1.54) is 6.07 Å². The van der Waals surface area contributed by atoms with Gasteiger partial charge in [0, 0.05) is 6.07 Å². The number of rotatable bonds is 1. The minimum Gasteiger partial charge on any atom is -0.486 e. The summed E-state index contributed by atoms with van der Waals surface area (Å²) >= 11 is 0. The summed E-state index contributed by atoms with van der Waals surface area (Å²) in [4.78, 5) is 23.3. The van der Waals surface area contributed by atoms with Gasteiger partial charge in [0.2, 0.25) is 5.78 Å². The van der Waals surface area contributed by atoms with Crippen molar-refractivity contribution in [3.05, 3.63) is 33.9 Å². The number of ether oxygens (including phenoxy) is 1. The molecule has 17 heavy (non-hydrogen) atoms. The molecule has 2 heterocycles. The lowest BCUT2D eigenvalue weighted by Gasteiger charge is -2.25. The minimum absolute atomic E-state index is 0.164. The molecule has 1 N–H and O–H groups in total. The van der Waals surface area contributed by atoms with E-state index in [1.54, 1.807) is 26.0 Å². The fourth-order valence-corrected chi connectivity index (χ4v) is 1.68. The first-order valence-electron chi connectivity index (χ1n) is 5.24. The molecule has 0 amide bonds. The molecule has 90 valence electrons. The third kappa shape index (κ3) is 1.89. The van der Waals surface area contributed by atoms with Crippen LogP contribution in [-0.4, -0.2) is 23.1 Å². The maximum absolute atomic E-state index is 11.7. The smallest absolute Gasteiger partial charge is 0.351 e. The fraction of sp³-hybridized carbons (Fsp3) is 0.333. The van der Waals surface area contributed by atoms with Crippen molar-refractivity contribution < 1.29 is 19.1 Å². The Morgan fingerprint density at radius 2 is 2.12 bits per heavy atom. The highest BCUT2D eigenvalue weighted by atomic mass is 16.5. The molecule has 2 rings (SSSR count). The van der Waals surface area contributed by atoms with Gasteiger partial charge in [0.05, 0.1) is 0 Å². The second-order valence-corrected chi connectivity index (χ2v) is 3.81. The van der Waals surface area contributed by atoms with E-state index in [-0.39, 0.29) is 11.3 Å². The van der Waals surface area contributed by atoms with Crippen molar-refractivity contribution in [2.24, 2.45) is 0 Å². The summed E-state index contributed by atoms with van der Waals surface area (Å²) in [5.74, 6) is -0.177. The zero-order valence-electron chi connectivity index (χ0n) is 9.47. The van der Waals surface area contributed by atoms with E-state index in [1.807, 2.05) is 0 Å². The van der Waals surface area contributed by atoms with Gasteiger partial charge in [0.15, 0.2) is 6.10 Å². The largest absolute Gasteiger partial charge is 0.486 e. The van der Waals surface area contributed by atoms with Crippen LogP contribution in [0.3, 0.4) is 0 Å². The van der Waals surface area contributed by atoms with E-state index < -0.39 is 23.6 Å². The molecule has 2 unspecified atom stereocenters. The third-order valence-electron chi connectivity index (χ3n) is 2.54. The average Bonchev–Trinajstić information content (AvgIpc) is 2.25. The van der Waals surface area contributed by atoms with E-state index in [0.29, 0.717) is 5.76 Å². The lowest BCUT2D eigenvalue weighted by atomic mass is 10.0. The van der Waals surface area contributed by atoms with Crippen LogP contribution in [0.4, 0.5) is 0 Å². The summed E-state index contributed by atoms with van der Waals surface area (Å²) in [6.07, 6.45) is 1.30. The van der Waals surface area contributed by atoms with E-state index >= 15 is 0 Å². The number of aliphatic hydroxyl groups excluding tert-OH is 1. The predicted octanol–water partition coefficient (Wildman–Crippen LogP) is 0.997. The molecule has 5 nitrogen and oxygen atoms in total. The van der Waals surface area contributed by atoms with Gasteiger partial charge in [0.1, 0.15) is 23.2 Å². The van der Waals surface area contributed by atoms with Gasteiger partial charge in [0.25, 0.3) is 0 Å². The number of carbonyl (C=O) groups is 1. The Morgan fingerprint density at radius 3 is 2.76 bits per heavy atom. The summed E-state index contributed by atoms with van der Waals surface area (Å²) in [5, 5.41) is 9.52. The average molecular weight is 236 g/mol. The van der Waals surface area contributed by atoms with Crippen LogP contribution in [0.1, 0.15) is 30.0 Å². The molecule has 1 aromatic rings. The summed E-state index contributed by atoms with van der Waals surface area (Å²) in [7, 11) is 0. The first-order valence-corrected chi connectivity index (χ1v) is 5.24. The lowest BCUT2D eigenvalue weighted by Crippen LogP contribution is -2.42. The van der Waals surface area contributed by atoms with Crippen molar-refractivity contribution in [3.8, 4) is 5.75 Å². The van der Waals surface area contributed by atoms with Crippen LogP contribution >= 0.6 is 0 Å². The fourth-order valence-electron chi connectivity index (χ4n) is 1.68. The van der Waals surface area contributed by atoms with Crippen LogP contribution in [0.5, 0.6) is 5.75 Å². The normalized spacial score (nSPS) is 23.6. The number of fused-ring (bicyclic) bond motifs is 1. The molecule has 0 saturated carbocycles. The summed E-state index contributed by atoms with van der Waals surface area (Å²) in [5.41, 5.74) is -1.00. The number of allylic oxidation sites excluding steroid dienone is 1. The van der Waals surface area contributed by atoms with Crippen molar-refractivity contribution in [1.82, 2.24) is 0 Å². The quantitative estimate of drug-likeness (QED) is 0.787. The SMILES string of the molecule is C/C=C\c1cc2c(c(=O)o1)C(=O)C(O)C(C)O2. The Hall–Kier alpha value is -1.88. The molecule has 0 radical (unpaired) electrons. The van der Waals surface area contributed by atoms with Gasteiger partial charge in [-0.05, 0) is 19.9 Å². The lowest BCUT2D eigenvalue weighted by molar-refractivity contribution is 0.0280. The van der Waals surface area contributed by atoms with Crippen molar-refractivity contribution in [1.29, 1.82) is 0 Å². The number of hydrogen-bond donors (Lipinski definition) is 1. The maximum Gasteiger partial charge on any atom is 0.351 e. The third-order valence-corrected chi connectivity index (χ3v) is 2.54. The van der Waals surface area contributed by atoms with E-state index in [4.69, 9.17) is 9.15 Å². The molecule has 1 aliphatic heterocycles. The molecule has 0 fully saturated rings. The molecule has 0 bridgehead atoms. The number of ketones is 1. The monoisotopic (exact) mass is 236 g/mol. The van der Waals surface area contributed by atoms with E-state index in [0.717, 1.165) is 0 Å². The zero-order chi connectivity index (χ0) is 12.6. The second kappa shape index (κ2) is 4.18. The molecule has 1 aromatic heterocycles. The molecular formula is C12H12O5. The van der Waals surface area contributed by atoms with Gasteiger partial charge in [-0.2, -0.15) is 0 Å². The Bertz CT molecular complexity index is 540. The van der Waals surface area contributed by atoms with Gasteiger partial charge in [-0.1, -0.05) is 6.08 Å². The number of aliphatic hydroxyl groups is 1. The first kappa shape index (κ1) is 11.6. The van der Waals surface area contributed by atoms with Gasteiger partial charge in [-0.15, -0.1) is 0 Å². The maximum atomic E-state index is 11.7. The Morgan fingerprint density at radius 1 is 1.41 bits per heavy atom. The van der Waals surface area contributed by atoms with E-state index in [9.17, 15) is 14.7 Å². The Labute approximate surface area is 97.3 Å². The van der Waals surface area contributed by atoms with Gasteiger partial charge >= 0.3 is 5.63 Å². The number of hydrogen-bond acceptors (Lipinski definition) is 5. The molecule has 0 aromatic carbocycles. The molecule has 5 heteroatoms. The van der Waals surface area contributed by atoms with Crippen LogP contribution < -0.4 is 10.4 Å². The van der Waals surface area contributed by atoms with Crippen LogP contribution in [0.2, 0.25) is 0 Å². The van der Waals surface area contributed by atoms with Crippen LogP contribution in [0.25, 0.3) is 6.08 Å². The highest BCUT2D eigenvalue weighted by Gasteiger charge is 2.36. The standard InChI is InChI=1S/C12H12O5/c1-3-4-7-5-8-9(12(15)17-7)11(14)10(13)6(2)16-8/h3-6,10,13H,1-2H3/b4-3-. The van der Waals surface area contributed by atoms with Crippen molar-refractivity contribution in [2.75, 3.05) is 0 Å². The van der Waals surface area contributed by atoms with Crippen LogP contribution in [-0.2, 0) is 0 Å². The minimum atomic E-state index is -1.32. The summed E-state index contributed by atoms with van der Waals surface area (Å²) in [6, 6.07) is 1.47. The Kier molecular flexibility index (Phi) is 2.85. The topological polar surface area (TPSA) is 76.7 Å². The van der Waals surface area contributed by atoms with Crippen LogP contribution in [0.15, 0.2) is 21.4 Å². The Balaban J connectivity index is 2.60. The molecule has 1 aliphatic rings. The molecule has 0 spiro atoms. The predicted molar refractivity (Wildman–Crippen MR) is 60.1 cm³/mol. The van der Waals surface area contributed by atoms with Crippen molar-refractivity contribution >= 4 is 11.9 Å². The van der Waals surface area contributed by atoms with Crippen molar-refractivity contribution in [3.63, 3.8) is 0 Å². The van der Waals surface area contributed by atoms with Crippen molar-refractivity contribution in [2.45, 2.75) is 26.1 Å². The first-order chi connectivity index (χ1) is 8.04. The second-order valence-electron chi connectivity index (χ2n) is 3.81.